The Morgan fingerprint density at radius 3 is 2.81 bits per heavy atom. The maximum atomic E-state index is 12.8. The summed E-state index contributed by atoms with van der Waals surface area (Å²) >= 11 is 0. The molecule has 3 rings (SSSR count). The number of phenols is 1. The maximum Gasteiger partial charge on any atom is 0.341 e. The van der Waals surface area contributed by atoms with Crippen molar-refractivity contribution in [2.45, 2.75) is 25.8 Å². The number of aliphatic imine (C=N–C) groups is 1. The Morgan fingerprint density at radius 1 is 1.38 bits per heavy atom. The van der Waals surface area contributed by atoms with Gasteiger partial charge in [0.1, 0.15) is 11.7 Å². The molecule has 7 nitrogen and oxygen atoms in total. The van der Waals surface area contributed by atoms with E-state index in [1.165, 1.54) is 0 Å². The summed E-state index contributed by atoms with van der Waals surface area (Å²) in [5.41, 5.74) is 1.07. The molecule has 0 bridgehead atoms. The number of phenolic OH excluding ortho intramolecular Hbond substituents is 1. The normalized spacial score (nSPS) is 24.7. The van der Waals surface area contributed by atoms with Crippen molar-refractivity contribution >= 4 is 17.7 Å². The summed E-state index contributed by atoms with van der Waals surface area (Å²) < 4.78 is 5.59. The second-order valence-electron chi connectivity index (χ2n) is 7.13. The number of benzene rings is 1. The third-order valence-corrected chi connectivity index (χ3v) is 5.12. The number of rotatable bonds is 4. The van der Waals surface area contributed by atoms with Gasteiger partial charge >= 0.3 is 12.0 Å². The number of nitrogens with one attached hydrogen (secondary N) is 1. The molecule has 0 spiro atoms. The number of piperidine rings is 1. The van der Waals surface area contributed by atoms with Crippen LogP contribution in [0.25, 0.3) is 0 Å². The largest absolute Gasteiger partial charge is 0.508 e. The highest BCUT2D eigenvalue weighted by molar-refractivity contribution is 6.08. The van der Waals surface area contributed by atoms with Crippen molar-refractivity contribution in [1.82, 2.24) is 10.2 Å². The highest BCUT2D eigenvalue weighted by atomic mass is 16.5. The number of hydrogen-bond acceptors (Lipinski definition) is 5. The van der Waals surface area contributed by atoms with E-state index >= 15 is 0 Å². The van der Waals surface area contributed by atoms with Gasteiger partial charge in [-0.05, 0) is 63.5 Å². The molecule has 1 aromatic carbocycles. The van der Waals surface area contributed by atoms with Crippen molar-refractivity contribution in [3.05, 3.63) is 29.8 Å². The summed E-state index contributed by atoms with van der Waals surface area (Å²) in [5, 5.41) is 12.5. The van der Waals surface area contributed by atoms with E-state index in [4.69, 9.17) is 4.74 Å². The van der Waals surface area contributed by atoms with E-state index in [1.807, 2.05) is 0 Å². The first-order chi connectivity index (χ1) is 12.4. The van der Waals surface area contributed by atoms with Crippen LogP contribution >= 0.6 is 0 Å². The molecule has 1 saturated heterocycles. The van der Waals surface area contributed by atoms with Gasteiger partial charge in [-0.15, -0.1) is 0 Å². The molecule has 0 saturated carbocycles. The summed E-state index contributed by atoms with van der Waals surface area (Å²) in [5.74, 6) is -0.639. The second kappa shape index (κ2) is 7.86. The number of carbonyl (C=O) groups is 2. The van der Waals surface area contributed by atoms with Crippen LogP contribution in [0.1, 0.15) is 31.4 Å². The van der Waals surface area contributed by atoms with Crippen LogP contribution < -0.4 is 5.32 Å². The van der Waals surface area contributed by atoms with Crippen molar-refractivity contribution < 1.29 is 19.4 Å². The number of hydrogen-bond donors (Lipinski definition) is 2. The molecular formula is C19H25N3O4. The van der Waals surface area contributed by atoms with E-state index in [1.54, 1.807) is 31.2 Å². The van der Waals surface area contributed by atoms with Crippen molar-refractivity contribution in [3.8, 4) is 5.75 Å². The molecule has 2 N–H and O–H groups in total. The SMILES string of the molecule is CC1=NC(=O)NC(c2cccc(O)c2)C1C(=O)OCC1CCN(C)CC1. The topological polar surface area (TPSA) is 91.2 Å². The first kappa shape index (κ1) is 18.4. The third-order valence-electron chi connectivity index (χ3n) is 5.12. The molecule has 2 unspecified atom stereocenters. The quantitative estimate of drug-likeness (QED) is 0.804. The highest BCUT2D eigenvalue weighted by Gasteiger charge is 2.38. The summed E-state index contributed by atoms with van der Waals surface area (Å²) in [6.07, 6.45) is 2.02. The van der Waals surface area contributed by atoms with Gasteiger partial charge in [-0.25, -0.2) is 9.79 Å². The van der Waals surface area contributed by atoms with E-state index in [0.717, 1.165) is 25.9 Å². The Bertz CT molecular complexity index is 710. The van der Waals surface area contributed by atoms with Crippen LogP contribution in [-0.4, -0.2) is 54.5 Å². The molecule has 2 aliphatic rings. The molecule has 1 aromatic rings. The molecule has 2 amide bonds. The molecule has 0 aliphatic carbocycles. The first-order valence-electron chi connectivity index (χ1n) is 8.94. The Hall–Kier alpha value is -2.41. The molecule has 0 aromatic heterocycles. The number of likely N-dealkylation sites (tertiary alicyclic amines) is 1. The molecule has 2 heterocycles. The molecular weight excluding hydrogens is 334 g/mol. The van der Waals surface area contributed by atoms with Crippen molar-refractivity contribution in [2.24, 2.45) is 16.8 Å². The molecule has 2 aliphatic heterocycles. The van der Waals surface area contributed by atoms with Crippen molar-refractivity contribution in [1.29, 1.82) is 0 Å². The zero-order valence-corrected chi connectivity index (χ0v) is 15.1. The van der Waals surface area contributed by atoms with Gasteiger partial charge in [0.25, 0.3) is 0 Å². The number of amides is 2. The number of nitrogens with zero attached hydrogens (tertiary/aromatic N) is 2. The van der Waals surface area contributed by atoms with Crippen LogP contribution in [-0.2, 0) is 9.53 Å². The van der Waals surface area contributed by atoms with Gasteiger partial charge in [0.15, 0.2) is 0 Å². The summed E-state index contributed by atoms with van der Waals surface area (Å²) in [6, 6.07) is 5.44. The first-order valence-corrected chi connectivity index (χ1v) is 8.94. The van der Waals surface area contributed by atoms with Gasteiger partial charge in [0, 0.05) is 5.71 Å². The minimum atomic E-state index is -0.694. The van der Waals surface area contributed by atoms with Gasteiger partial charge in [0.2, 0.25) is 0 Å². The number of ether oxygens (including phenoxy) is 1. The number of esters is 1. The molecule has 7 heteroatoms. The van der Waals surface area contributed by atoms with Crippen LogP contribution in [0.5, 0.6) is 5.75 Å². The maximum absolute atomic E-state index is 12.8. The zero-order chi connectivity index (χ0) is 18.7. The standard InChI is InChI=1S/C19H25N3O4/c1-12-16(18(24)26-11-13-6-8-22(2)9-7-13)17(21-19(25)20-12)14-4-3-5-15(23)10-14/h3-5,10,13,16-17,23H,6-9,11H2,1-2H3,(H,21,25). The van der Waals surface area contributed by atoms with Crippen molar-refractivity contribution in [3.63, 3.8) is 0 Å². The monoisotopic (exact) mass is 359 g/mol. The van der Waals surface area contributed by atoms with E-state index in [0.29, 0.717) is 23.8 Å². The van der Waals surface area contributed by atoms with E-state index in [9.17, 15) is 14.7 Å². The Morgan fingerprint density at radius 2 is 2.12 bits per heavy atom. The lowest BCUT2D eigenvalue weighted by atomic mass is 9.88. The fourth-order valence-corrected chi connectivity index (χ4v) is 3.54. The minimum Gasteiger partial charge on any atom is -0.508 e. The van der Waals surface area contributed by atoms with Gasteiger partial charge < -0.3 is 20.1 Å². The van der Waals surface area contributed by atoms with Crippen LogP contribution in [0.2, 0.25) is 0 Å². The predicted molar refractivity (Wildman–Crippen MR) is 97.2 cm³/mol. The fourth-order valence-electron chi connectivity index (χ4n) is 3.54. The Balaban J connectivity index is 1.72. The number of carbonyl (C=O) groups excluding carboxylic acids is 2. The van der Waals surface area contributed by atoms with Crippen LogP contribution in [0.15, 0.2) is 29.3 Å². The minimum absolute atomic E-state index is 0.0790. The van der Waals surface area contributed by atoms with Gasteiger partial charge in [-0.3, -0.25) is 4.79 Å². The lowest BCUT2D eigenvalue weighted by molar-refractivity contribution is -0.148. The van der Waals surface area contributed by atoms with Gasteiger partial charge in [-0.1, -0.05) is 12.1 Å². The average molecular weight is 359 g/mol. The summed E-state index contributed by atoms with van der Waals surface area (Å²) in [4.78, 5) is 30.7. The molecule has 26 heavy (non-hydrogen) atoms. The molecule has 0 radical (unpaired) electrons. The Labute approximate surface area is 153 Å². The molecule has 2 atom stereocenters. The predicted octanol–water partition coefficient (Wildman–Crippen LogP) is 2.12. The second-order valence-corrected chi connectivity index (χ2v) is 7.13. The molecule has 1 fully saturated rings. The molecule has 140 valence electrons. The Kier molecular flexibility index (Phi) is 5.56. The zero-order valence-electron chi connectivity index (χ0n) is 15.1. The lowest BCUT2D eigenvalue weighted by Crippen LogP contribution is -2.44. The lowest BCUT2D eigenvalue weighted by Gasteiger charge is -2.31. The third kappa shape index (κ3) is 4.22. The van der Waals surface area contributed by atoms with Crippen molar-refractivity contribution in [2.75, 3.05) is 26.7 Å². The van der Waals surface area contributed by atoms with Crippen LogP contribution in [0.3, 0.4) is 0 Å². The smallest absolute Gasteiger partial charge is 0.341 e. The van der Waals surface area contributed by atoms with Crippen LogP contribution in [0, 0.1) is 11.8 Å². The van der Waals surface area contributed by atoms with Gasteiger partial charge in [-0.2, -0.15) is 0 Å². The van der Waals surface area contributed by atoms with E-state index < -0.39 is 24.0 Å². The summed E-state index contributed by atoms with van der Waals surface area (Å²) in [6.45, 7) is 4.06. The van der Waals surface area contributed by atoms with Gasteiger partial charge in [0.05, 0.1) is 12.6 Å². The average Bonchev–Trinajstić information content (AvgIpc) is 2.60. The fraction of sp³-hybridized carbons (Fsp3) is 0.526. The van der Waals surface area contributed by atoms with E-state index in [-0.39, 0.29) is 5.75 Å². The van der Waals surface area contributed by atoms with E-state index in [2.05, 4.69) is 22.3 Å². The number of aromatic hydroxyl groups is 1. The number of urea groups is 1. The summed E-state index contributed by atoms with van der Waals surface area (Å²) in [7, 11) is 2.09. The van der Waals surface area contributed by atoms with Crippen LogP contribution in [0.4, 0.5) is 4.79 Å². The highest BCUT2D eigenvalue weighted by Crippen LogP contribution is 2.30.